The highest BCUT2D eigenvalue weighted by molar-refractivity contribution is 7.21. The zero-order valence-corrected chi connectivity index (χ0v) is 22.4. The highest BCUT2D eigenvalue weighted by Crippen LogP contribution is 2.43. The number of carbonyl (C=O) groups excluding carboxylic acids is 3. The molecule has 8 nitrogen and oxygen atoms in total. The SMILES string of the molecule is CC(=O)c1ccc(OCc2ccc(C(=O)Nc3c(C(N)=O)sc4nc(C(F)(F)F)cc(-c5ccc(F)cc5)c34)o2)cc1. The number of halogens is 4. The Kier molecular flexibility index (Phi) is 7.52. The predicted molar refractivity (Wildman–Crippen MR) is 146 cm³/mol. The number of alkyl halides is 3. The number of ether oxygens (including phenoxy) is 1. The molecular weight excluding hydrogens is 578 g/mol. The van der Waals surface area contributed by atoms with Crippen LogP contribution in [0.2, 0.25) is 0 Å². The van der Waals surface area contributed by atoms with Crippen LogP contribution in [-0.2, 0) is 12.8 Å². The second kappa shape index (κ2) is 11.1. The van der Waals surface area contributed by atoms with E-state index in [2.05, 4.69) is 10.3 Å². The molecule has 0 saturated heterocycles. The number of furan rings is 1. The molecule has 0 radical (unpaired) electrons. The number of anilines is 1. The van der Waals surface area contributed by atoms with Gasteiger partial charge in [-0.1, -0.05) is 12.1 Å². The Labute approximate surface area is 238 Å². The molecule has 3 aromatic heterocycles. The Morgan fingerprint density at radius 3 is 2.33 bits per heavy atom. The molecular formula is C29H19F4N3O5S. The smallest absolute Gasteiger partial charge is 0.433 e. The third-order valence-corrected chi connectivity index (χ3v) is 7.20. The van der Waals surface area contributed by atoms with Crippen LogP contribution in [0.15, 0.2) is 71.1 Å². The Hall–Kier alpha value is -5.04. The van der Waals surface area contributed by atoms with Crippen LogP contribution < -0.4 is 15.8 Å². The van der Waals surface area contributed by atoms with Gasteiger partial charge in [-0.05, 0) is 72.6 Å². The molecule has 0 fully saturated rings. The number of amides is 2. The zero-order valence-electron chi connectivity index (χ0n) is 21.5. The van der Waals surface area contributed by atoms with Gasteiger partial charge in [-0.25, -0.2) is 9.37 Å². The molecule has 0 aliphatic heterocycles. The van der Waals surface area contributed by atoms with Crippen molar-refractivity contribution >= 4 is 44.8 Å². The van der Waals surface area contributed by atoms with Gasteiger partial charge in [-0.2, -0.15) is 13.2 Å². The van der Waals surface area contributed by atoms with E-state index in [0.717, 1.165) is 18.2 Å². The largest absolute Gasteiger partial charge is 0.486 e. The van der Waals surface area contributed by atoms with E-state index < -0.39 is 29.5 Å². The minimum absolute atomic E-state index is 0.0193. The maximum atomic E-state index is 13.7. The van der Waals surface area contributed by atoms with Crippen LogP contribution in [0.25, 0.3) is 21.3 Å². The van der Waals surface area contributed by atoms with Crippen LogP contribution in [0.4, 0.5) is 23.2 Å². The number of carbonyl (C=O) groups is 3. The van der Waals surface area contributed by atoms with Crippen LogP contribution in [0.5, 0.6) is 5.75 Å². The lowest BCUT2D eigenvalue weighted by atomic mass is 10.0. The molecule has 2 amide bonds. The number of Topliss-reactive ketones (excluding diaryl/α,β-unsaturated/α-hetero) is 1. The summed E-state index contributed by atoms with van der Waals surface area (Å²) >= 11 is 0.579. The number of ketones is 1. The number of thiophene rings is 1. The van der Waals surface area contributed by atoms with Crippen molar-refractivity contribution in [1.29, 1.82) is 0 Å². The quantitative estimate of drug-likeness (QED) is 0.149. The number of hydrogen-bond acceptors (Lipinski definition) is 7. The Bertz CT molecular complexity index is 1830. The van der Waals surface area contributed by atoms with Crippen molar-refractivity contribution in [3.63, 3.8) is 0 Å². The molecule has 5 aromatic rings. The summed E-state index contributed by atoms with van der Waals surface area (Å²) < 4.78 is 65.8. The topological polar surface area (TPSA) is 125 Å². The number of pyridine rings is 1. The van der Waals surface area contributed by atoms with Gasteiger partial charge in [0.15, 0.2) is 11.5 Å². The van der Waals surface area contributed by atoms with E-state index in [1.165, 1.54) is 31.2 Å². The summed E-state index contributed by atoms with van der Waals surface area (Å²) in [7, 11) is 0. The van der Waals surface area contributed by atoms with Crippen LogP contribution in [-0.4, -0.2) is 22.6 Å². The number of nitrogens with two attached hydrogens (primary N) is 1. The molecule has 214 valence electrons. The monoisotopic (exact) mass is 597 g/mol. The van der Waals surface area contributed by atoms with Crippen molar-refractivity contribution in [2.75, 3.05) is 5.32 Å². The minimum Gasteiger partial charge on any atom is -0.486 e. The Morgan fingerprint density at radius 2 is 1.71 bits per heavy atom. The van der Waals surface area contributed by atoms with Crippen molar-refractivity contribution in [2.24, 2.45) is 5.73 Å². The molecule has 0 aliphatic rings. The van der Waals surface area contributed by atoms with Crippen molar-refractivity contribution in [1.82, 2.24) is 4.98 Å². The van der Waals surface area contributed by atoms with E-state index in [4.69, 9.17) is 14.9 Å². The summed E-state index contributed by atoms with van der Waals surface area (Å²) in [5.74, 6) is -1.99. The predicted octanol–water partition coefficient (Wildman–Crippen LogP) is 6.85. The van der Waals surface area contributed by atoms with Crippen LogP contribution in [0.1, 0.15) is 49.0 Å². The average molecular weight is 598 g/mol. The minimum atomic E-state index is -4.83. The first kappa shape index (κ1) is 28.5. The summed E-state index contributed by atoms with van der Waals surface area (Å²) in [6.07, 6.45) is -4.83. The van der Waals surface area contributed by atoms with Gasteiger partial charge in [0.1, 0.15) is 39.3 Å². The third kappa shape index (κ3) is 5.86. The molecule has 42 heavy (non-hydrogen) atoms. The molecule has 0 saturated carbocycles. The average Bonchev–Trinajstić information content (AvgIpc) is 3.57. The zero-order chi connectivity index (χ0) is 30.2. The first-order chi connectivity index (χ1) is 19.9. The highest BCUT2D eigenvalue weighted by atomic mass is 32.1. The maximum Gasteiger partial charge on any atom is 0.433 e. The Balaban J connectivity index is 1.47. The standard InChI is InChI=1S/C29H19F4N3O5S/c1-14(37)15-4-8-18(9-5-15)40-13-19-10-11-21(41-19)27(39)36-24-23-20(16-2-6-17(30)7-3-16)12-22(29(31,32)33)35-28(23)42-25(24)26(34)38/h2-12H,13H2,1H3,(H2,34,38)(H,36,39). The number of benzene rings is 2. The summed E-state index contributed by atoms with van der Waals surface area (Å²) in [5.41, 5.74) is 4.77. The number of fused-ring (bicyclic) bond motifs is 1. The number of nitrogens with zero attached hydrogens (tertiary/aromatic N) is 1. The van der Waals surface area contributed by atoms with Crippen LogP contribution in [0.3, 0.4) is 0 Å². The van der Waals surface area contributed by atoms with Gasteiger partial charge in [0.05, 0.1) is 5.69 Å². The van der Waals surface area contributed by atoms with E-state index in [1.807, 2.05) is 0 Å². The molecule has 13 heteroatoms. The molecule has 0 bridgehead atoms. The van der Waals surface area contributed by atoms with Gasteiger partial charge >= 0.3 is 6.18 Å². The summed E-state index contributed by atoms with van der Waals surface area (Å²) in [5, 5.41) is 2.54. The number of rotatable bonds is 8. The highest BCUT2D eigenvalue weighted by Gasteiger charge is 2.35. The van der Waals surface area contributed by atoms with Crippen molar-refractivity contribution in [3.8, 4) is 16.9 Å². The second-order valence-electron chi connectivity index (χ2n) is 9.00. The van der Waals surface area contributed by atoms with Gasteiger partial charge in [-0.3, -0.25) is 14.4 Å². The molecule has 5 rings (SSSR count). The van der Waals surface area contributed by atoms with Gasteiger partial charge in [-0.15, -0.1) is 11.3 Å². The van der Waals surface area contributed by atoms with Crippen molar-refractivity contribution in [3.05, 3.63) is 100 Å². The molecule has 3 heterocycles. The lowest BCUT2D eigenvalue weighted by molar-refractivity contribution is -0.140. The number of aromatic nitrogens is 1. The fraction of sp³-hybridized carbons (Fsp3) is 0.103. The van der Waals surface area contributed by atoms with Gasteiger partial charge < -0.3 is 20.2 Å². The van der Waals surface area contributed by atoms with Crippen LogP contribution >= 0.6 is 11.3 Å². The van der Waals surface area contributed by atoms with Crippen molar-refractivity contribution in [2.45, 2.75) is 19.7 Å². The van der Waals surface area contributed by atoms with E-state index in [1.54, 1.807) is 24.3 Å². The van der Waals surface area contributed by atoms with E-state index in [0.29, 0.717) is 22.6 Å². The van der Waals surface area contributed by atoms with Gasteiger partial charge in [0.25, 0.3) is 11.8 Å². The lowest BCUT2D eigenvalue weighted by Gasteiger charge is -2.12. The molecule has 0 atom stereocenters. The first-order valence-corrected chi connectivity index (χ1v) is 13.0. The first-order valence-electron chi connectivity index (χ1n) is 12.1. The normalized spacial score (nSPS) is 11.5. The number of primary amides is 1. The van der Waals surface area contributed by atoms with Crippen LogP contribution in [0, 0.1) is 5.82 Å². The molecule has 2 aromatic carbocycles. The summed E-state index contributed by atoms with van der Waals surface area (Å²) in [6.45, 7) is 1.38. The van der Waals surface area contributed by atoms with E-state index in [-0.39, 0.29) is 55.8 Å². The number of hydrogen-bond donors (Lipinski definition) is 2. The summed E-state index contributed by atoms with van der Waals surface area (Å²) in [6, 6.07) is 14.7. The lowest BCUT2D eigenvalue weighted by Crippen LogP contribution is -2.16. The molecule has 0 unspecified atom stereocenters. The third-order valence-electron chi connectivity index (χ3n) is 6.10. The fourth-order valence-electron chi connectivity index (χ4n) is 4.09. The molecule has 0 spiro atoms. The van der Waals surface area contributed by atoms with E-state index in [9.17, 15) is 31.9 Å². The van der Waals surface area contributed by atoms with Crippen molar-refractivity contribution < 1.29 is 41.1 Å². The Morgan fingerprint density at radius 1 is 1.02 bits per heavy atom. The van der Waals surface area contributed by atoms with Gasteiger partial charge in [0, 0.05) is 10.9 Å². The number of nitrogens with one attached hydrogen (secondary N) is 1. The van der Waals surface area contributed by atoms with E-state index >= 15 is 0 Å². The second-order valence-corrected chi connectivity index (χ2v) is 10.00. The maximum absolute atomic E-state index is 13.7. The summed E-state index contributed by atoms with van der Waals surface area (Å²) in [4.78, 5) is 40.1. The molecule has 0 aliphatic carbocycles. The fourth-order valence-corrected chi connectivity index (χ4v) is 5.09. The van der Waals surface area contributed by atoms with Gasteiger partial charge in [0.2, 0.25) is 0 Å². The molecule has 3 N–H and O–H groups in total.